The van der Waals surface area contributed by atoms with E-state index in [4.69, 9.17) is 72.6 Å². The van der Waals surface area contributed by atoms with Crippen LogP contribution >= 0.6 is 0 Å². The van der Waals surface area contributed by atoms with Gasteiger partial charge in [-0.05, 0) is 104 Å². The molecule has 0 spiro atoms. The number of ketones is 2. The molecule has 4 radical (unpaired) electrons. The average Bonchev–Trinajstić information content (AvgIpc) is 1.19. The summed E-state index contributed by atoms with van der Waals surface area (Å²) in [6.45, 7) is 26.4. The van der Waals surface area contributed by atoms with Gasteiger partial charge in [0, 0.05) is 149 Å². The van der Waals surface area contributed by atoms with Gasteiger partial charge in [-0.2, -0.15) is 6.61 Å². The monoisotopic (exact) mass is 1750 g/mol. The fourth-order valence-electron chi connectivity index (χ4n) is 7.02. The fourth-order valence-corrected chi connectivity index (χ4v) is 7.02. The standard InChI is InChI=1S/C12H18O7.C11H16O8.C11H17O5.C10H14O8.C10H15O6.2CH2O2.2CH4.4Y/c1-11(2,3)19-8(14)6-12(10(16)17)9(15)7(13)4-5-18-12;1-10(2,3)19-6(12)4-11(16)7(13)8(14)17-5-18-9(11)15;1-10(2,3)16-9(14)6-11(7-12)8(13)4-5-15-11;1-9(2,3)17-7(13)10(4-6(11)12)16-5-15-8(14)18-10;1-9(2,3)16-7(12)6(11)10(4)8(13)14-5-15-10;2*2-1-3;;;;;;/h9,15H,4-6H2,1-3H3,(H,16,17);7,13,16H,4-5H2,1-3H3;7,12H,4-6H2,1-3H3;4-5H2,1-3H3,(H,11,12);6,11H,4-5H2,1-3H3;2*1H,(H,2,3);2*1H4;;;;/q;;-1;;-1;;;;;;;;. The Morgan fingerprint density at radius 3 is 1.35 bits per heavy atom. The van der Waals surface area contributed by atoms with E-state index in [1.54, 1.807) is 104 Å². The molecule has 9 N–H and O–H groups in total. The van der Waals surface area contributed by atoms with Crippen molar-refractivity contribution in [2.75, 3.05) is 33.6 Å². The molecule has 5 aliphatic rings. The SMILES string of the molecule is C.C.CC(C)(C)OC(=O)C1(CC(=O)O)OCOC(=O)O1.CC(C)(C)OC(=O)CC1(C(=O)O)OCCC(=O)C1O.CC(C)(C)OC(=O)CC1(O)C(=O)OCOC(=O)C1O.CC(C)(C)OC(=O)CC1([CH-]O)OCCC1=O.O=CO.O=CO.[CH2-]C1(C(O)C(=O)OC(C)(C)C)OCOC1=O.[Y].[Y].[Y].[Y]. The molecule has 0 aromatic rings. The number of carbonyl (C=O) groups excluding carboxylic acids is 11. The molecule has 5 saturated heterocycles. The zero-order valence-electron chi connectivity index (χ0n) is 56.6. The first-order valence-corrected chi connectivity index (χ1v) is 27.4. The van der Waals surface area contributed by atoms with Crippen molar-refractivity contribution in [3.05, 3.63) is 13.5 Å². The summed E-state index contributed by atoms with van der Waals surface area (Å²) in [6.07, 6.45) is -9.72. The number of aliphatic hydroxyl groups is 5. The zero-order chi connectivity index (χ0) is 74.0. The van der Waals surface area contributed by atoms with Gasteiger partial charge in [-0.15, -0.1) is 0 Å². The molecule has 0 aliphatic carbocycles. The maximum Gasteiger partial charge on any atom is 0.513 e. The Bertz CT molecular complexity index is 2660. The Labute approximate surface area is 677 Å². The Balaban J connectivity index is -0.000000170. The van der Waals surface area contributed by atoms with Gasteiger partial charge in [0.1, 0.15) is 40.2 Å². The largest absolute Gasteiger partial charge is 0.563 e. The van der Waals surface area contributed by atoms with Crippen LogP contribution in [0.2, 0.25) is 0 Å². The van der Waals surface area contributed by atoms with Crippen LogP contribution in [-0.2, 0) is 264 Å². The summed E-state index contributed by atoms with van der Waals surface area (Å²) >= 11 is 0. The van der Waals surface area contributed by atoms with Gasteiger partial charge in [0.15, 0.2) is 30.9 Å². The van der Waals surface area contributed by atoms with Crippen LogP contribution in [0.1, 0.15) is 157 Å². The Hall–Kier alpha value is -3.69. The van der Waals surface area contributed by atoms with Gasteiger partial charge in [-0.25, -0.2) is 28.8 Å². The predicted octanol–water partition coefficient (Wildman–Crippen LogP) is 0.837. The van der Waals surface area contributed by atoms with Crippen LogP contribution in [0.25, 0.3) is 0 Å². The smallest absolute Gasteiger partial charge is 0.513 e. The van der Waals surface area contributed by atoms with Crippen LogP contribution in [0.3, 0.4) is 0 Å². The van der Waals surface area contributed by atoms with Crippen LogP contribution in [0.5, 0.6) is 0 Å². The molecule has 5 fully saturated rings. The van der Waals surface area contributed by atoms with Gasteiger partial charge in [0.25, 0.3) is 12.9 Å². The molecular weight excluding hydrogens is 1660 g/mol. The van der Waals surface area contributed by atoms with Crippen molar-refractivity contribution in [1.82, 2.24) is 0 Å². The van der Waals surface area contributed by atoms with Crippen LogP contribution in [0.15, 0.2) is 0 Å². The number of carboxylic acids is 2. The number of Topliss-reactive ketones (excluding diaryl/α,β-unsaturated/α-hetero) is 2. The van der Waals surface area contributed by atoms with Crippen molar-refractivity contribution in [3.63, 3.8) is 0 Å². The van der Waals surface area contributed by atoms with E-state index in [1.807, 2.05) is 0 Å². The number of carbonyl (C=O) groups is 15. The van der Waals surface area contributed by atoms with E-state index in [1.165, 1.54) is 0 Å². The first-order valence-electron chi connectivity index (χ1n) is 27.4. The molecule has 0 amide bonds. The number of carboxylic acid groups (broad SMARTS) is 4. The third-order valence-electron chi connectivity index (χ3n) is 10.8. The number of cyclic esters (lactones) is 5. The second-order valence-corrected chi connectivity index (χ2v) is 24.6. The number of rotatable bonds is 13. The molecule has 100 heavy (non-hydrogen) atoms. The third-order valence-corrected chi connectivity index (χ3v) is 10.8. The molecule has 0 aromatic carbocycles. The van der Waals surface area contributed by atoms with Gasteiger partial charge >= 0.3 is 71.6 Å². The predicted molar refractivity (Wildman–Crippen MR) is 313 cm³/mol. The number of hydrogen-bond donors (Lipinski definition) is 9. The molecule has 38 nitrogen and oxygen atoms in total. The summed E-state index contributed by atoms with van der Waals surface area (Å²) in [5.41, 5.74) is -12.3. The summed E-state index contributed by atoms with van der Waals surface area (Å²) in [5, 5.41) is 79.7. The minimum atomic E-state index is -2.71. The second kappa shape index (κ2) is 48.4. The zero-order valence-corrected chi connectivity index (χ0v) is 68.0. The van der Waals surface area contributed by atoms with Crippen molar-refractivity contribution in [1.29, 1.82) is 0 Å². The maximum absolute atomic E-state index is 11.9. The molecule has 5 heterocycles. The van der Waals surface area contributed by atoms with Gasteiger partial charge in [-0.3, -0.25) is 54.8 Å². The van der Waals surface area contributed by atoms with Crippen LogP contribution in [0.4, 0.5) is 4.79 Å². The molecular formula is C58H92O38Y4-2. The Morgan fingerprint density at radius 1 is 0.570 bits per heavy atom. The number of aliphatic hydroxyl groups excluding tert-OH is 4. The Morgan fingerprint density at radius 2 is 0.980 bits per heavy atom. The normalized spacial score (nSPS) is 23.7. The first-order chi connectivity index (χ1) is 42.6. The third kappa shape index (κ3) is 40.0. The summed E-state index contributed by atoms with van der Waals surface area (Å²) in [4.78, 5) is 165. The first kappa shape index (κ1) is 112. The number of aliphatic carboxylic acids is 2. The minimum absolute atomic E-state index is 0. The van der Waals surface area contributed by atoms with E-state index >= 15 is 0 Å². The van der Waals surface area contributed by atoms with Crippen molar-refractivity contribution in [2.24, 2.45) is 0 Å². The van der Waals surface area contributed by atoms with Crippen LogP contribution in [0, 0.1) is 13.5 Å². The average molecular weight is 1750 g/mol. The second-order valence-electron chi connectivity index (χ2n) is 24.6. The molecule has 0 aromatic heterocycles. The topological polar surface area (TPSA) is 567 Å². The molecule has 8 atom stereocenters. The quantitative estimate of drug-likeness (QED) is 0.0534. The number of esters is 8. The van der Waals surface area contributed by atoms with Gasteiger partial charge in [0.05, 0.1) is 38.1 Å². The van der Waals surface area contributed by atoms with Gasteiger partial charge in [-0.1, -0.05) is 14.9 Å². The number of hydrogen-bond acceptors (Lipinski definition) is 34. The molecule has 8 unspecified atom stereocenters. The summed E-state index contributed by atoms with van der Waals surface area (Å²) < 4.78 is 66.7. The van der Waals surface area contributed by atoms with E-state index in [0.717, 1.165) is 0 Å². The van der Waals surface area contributed by atoms with Gasteiger partial charge in [0.2, 0.25) is 24.8 Å². The molecule has 0 saturated carbocycles. The molecule has 42 heteroatoms. The molecule has 0 bridgehead atoms. The van der Waals surface area contributed by atoms with Crippen molar-refractivity contribution >= 4 is 90.4 Å². The van der Waals surface area contributed by atoms with Crippen LogP contribution in [-0.4, -0.2) is 244 Å². The van der Waals surface area contributed by atoms with Crippen LogP contribution < -0.4 is 0 Å². The summed E-state index contributed by atoms with van der Waals surface area (Å²) in [5.74, 6) is -14.1. The van der Waals surface area contributed by atoms with Gasteiger partial charge < -0.3 is 108 Å². The molecule has 5 rings (SSSR count). The fraction of sp³-hybridized carbons (Fsp3) is 0.707. The number of ether oxygens (including phenoxy) is 14. The Kier molecular flexibility index (Phi) is 54.3. The van der Waals surface area contributed by atoms with E-state index in [0.29, 0.717) is 6.61 Å². The van der Waals surface area contributed by atoms with Crippen molar-refractivity contribution < 1.29 is 315 Å². The molecule has 566 valence electrons. The van der Waals surface area contributed by atoms with E-state index in [-0.39, 0.29) is 204 Å². The maximum atomic E-state index is 11.9. The van der Waals surface area contributed by atoms with Crippen molar-refractivity contribution in [2.45, 2.75) is 232 Å². The minimum Gasteiger partial charge on any atom is -0.563 e. The van der Waals surface area contributed by atoms with E-state index in [9.17, 15) is 87.9 Å². The molecule has 5 aliphatic heterocycles. The summed E-state index contributed by atoms with van der Waals surface area (Å²) in [6, 6.07) is 0. The summed E-state index contributed by atoms with van der Waals surface area (Å²) in [7, 11) is 0. The van der Waals surface area contributed by atoms with Crippen molar-refractivity contribution in [3.8, 4) is 0 Å². The van der Waals surface area contributed by atoms with E-state index in [2.05, 4.69) is 30.6 Å². The van der Waals surface area contributed by atoms with E-state index < -0.39 is 179 Å².